The molecule has 0 heterocycles. The van der Waals surface area contributed by atoms with E-state index >= 15 is 0 Å². The molecule has 2 aromatic carbocycles. The Hall–Kier alpha value is -2.02. The maximum atomic E-state index is 12.9. The average molecular weight is 401 g/mol. The quantitative estimate of drug-likeness (QED) is 0.734. The zero-order valence-corrected chi connectivity index (χ0v) is 14.5. The van der Waals surface area contributed by atoms with Gasteiger partial charge in [0.15, 0.2) is 0 Å². The Morgan fingerprint density at radius 3 is 2.54 bits per heavy atom. The lowest BCUT2D eigenvalue weighted by atomic mass is 10.1. The summed E-state index contributed by atoms with van der Waals surface area (Å²) < 4.78 is 38.5. The van der Waals surface area contributed by atoms with Gasteiger partial charge >= 0.3 is 6.18 Å². The van der Waals surface area contributed by atoms with Crippen molar-refractivity contribution in [3.63, 3.8) is 0 Å². The van der Waals surface area contributed by atoms with Crippen LogP contribution >= 0.6 is 15.9 Å². The molecule has 0 radical (unpaired) electrons. The summed E-state index contributed by atoms with van der Waals surface area (Å²) in [6.07, 6.45) is -3.69. The van der Waals surface area contributed by atoms with Crippen LogP contribution in [0.4, 0.5) is 24.5 Å². The summed E-state index contributed by atoms with van der Waals surface area (Å²) in [5.74, 6) is -0.327. The van der Waals surface area contributed by atoms with Gasteiger partial charge in [-0.25, -0.2) is 0 Å². The summed E-state index contributed by atoms with van der Waals surface area (Å²) in [5.41, 5.74) is 1.14. The van der Waals surface area contributed by atoms with Gasteiger partial charge in [0.05, 0.1) is 12.1 Å². The third kappa shape index (κ3) is 4.74. The molecule has 7 heteroatoms. The van der Waals surface area contributed by atoms with Gasteiger partial charge < -0.3 is 10.6 Å². The highest BCUT2D eigenvalue weighted by atomic mass is 79.9. The molecule has 0 saturated heterocycles. The van der Waals surface area contributed by atoms with Crippen molar-refractivity contribution in [3.8, 4) is 0 Å². The molecule has 128 valence electrons. The van der Waals surface area contributed by atoms with Crippen molar-refractivity contribution in [1.82, 2.24) is 0 Å². The highest BCUT2D eigenvalue weighted by Gasteiger charge is 2.33. The maximum Gasteiger partial charge on any atom is 0.417 e. The standard InChI is InChI=1S/C17H16BrF3N2O/c1-2-11-5-3-4-6-15(11)23-16(24)10-22-12-7-8-14(18)13(9-12)17(19,20)21/h3-9,22H,2,10H2,1H3,(H,23,24). The molecule has 0 aliphatic rings. The zero-order valence-electron chi connectivity index (χ0n) is 12.9. The van der Waals surface area contributed by atoms with E-state index < -0.39 is 11.7 Å². The summed E-state index contributed by atoms with van der Waals surface area (Å²) >= 11 is 2.88. The van der Waals surface area contributed by atoms with E-state index in [4.69, 9.17) is 0 Å². The number of nitrogens with one attached hydrogen (secondary N) is 2. The predicted octanol–water partition coefficient (Wildman–Crippen LogP) is 5.08. The molecule has 0 unspecified atom stereocenters. The van der Waals surface area contributed by atoms with Crippen molar-refractivity contribution in [2.24, 2.45) is 0 Å². The van der Waals surface area contributed by atoms with Crippen LogP contribution in [0.5, 0.6) is 0 Å². The molecule has 0 bridgehead atoms. The maximum absolute atomic E-state index is 12.9. The van der Waals surface area contributed by atoms with Crippen LogP contribution in [0.1, 0.15) is 18.1 Å². The van der Waals surface area contributed by atoms with Gasteiger partial charge in [0.2, 0.25) is 5.91 Å². The second-order valence-corrected chi connectivity index (χ2v) is 5.96. The van der Waals surface area contributed by atoms with Gasteiger partial charge in [-0.05, 0) is 36.2 Å². The van der Waals surface area contributed by atoms with Gasteiger partial charge in [-0.1, -0.05) is 41.1 Å². The molecule has 0 aromatic heterocycles. The third-order valence-electron chi connectivity index (χ3n) is 3.40. The van der Waals surface area contributed by atoms with E-state index in [1.54, 1.807) is 6.07 Å². The Balaban J connectivity index is 2.02. The minimum absolute atomic E-state index is 0.0399. The number of alkyl halides is 3. The Morgan fingerprint density at radius 2 is 1.88 bits per heavy atom. The zero-order chi connectivity index (χ0) is 17.7. The first-order chi connectivity index (χ1) is 11.3. The first kappa shape index (κ1) is 18.3. The molecule has 0 spiro atoms. The molecule has 0 aliphatic heterocycles. The van der Waals surface area contributed by atoms with Crippen LogP contribution in [0.15, 0.2) is 46.9 Å². The van der Waals surface area contributed by atoms with E-state index in [2.05, 4.69) is 26.6 Å². The fraction of sp³-hybridized carbons (Fsp3) is 0.235. The number of benzene rings is 2. The van der Waals surface area contributed by atoms with Gasteiger partial charge in [0, 0.05) is 15.8 Å². The molecule has 3 nitrogen and oxygen atoms in total. The topological polar surface area (TPSA) is 41.1 Å². The van der Waals surface area contributed by atoms with Crippen LogP contribution in [0, 0.1) is 0 Å². The molecule has 0 fully saturated rings. The summed E-state index contributed by atoms with van der Waals surface area (Å²) in [5, 5.41) is 5.46. The Kier molecular flexibility index (Phi) is 5.88. The van der Waals surface area contributed by atoms with E-state index in [1.807, 2.05) is 25.1 Å². The van der Waals surface area contributed by atoms with Gasteiger partial charge in [-0.15, -0.1) is 0 Å². The molecule has 0 atom stereocenters. The number of aryl methyl sites for hydroxylation is 1. The van der Waals surface area contributed by atoms with E-state index in [0.717, 1.165) is 18.1 Å². The van der Waals surface area contributed by atoms with E-state index in [-0.39, 0.29) is 22.6 Å². The lowest BCUT2D eigenvalue weighted by molar-refractivity contribution is -0.138. The summed E-state index contributed by atoms with van der Waals surface area (Å²) in [4.78, 5) is 12.0. The van der Waals surface area contributed by atoms with Gasteiger partial charge in [0.25, 0.3) is 0 Å². The van der Waals surface area contributed by atoms with Crippen molar-refractivity contribution >= 4 is 33.2 Å². The molecule has 2 rings (SSSR count). The first-order valence-corrected chi connectivity index (χ1v) is 8.09. The van der Waals surface area contributed by atoms with Crippen molar-refractivity contribution in [3.05, 3.63) is 58.1 Å². The molecule has 0 aliphatic carbocycles. The van der Waals surface area contributed by atoms with Crippen LogP contribution in [0.2, 0.25) is 0 Å². The number of para-hydroxylation sites is 1. The molecule has 2 aromatic rings. The van der Waals surface area contributed by atoms with Crippen molar-refractivity contribution in [1.29, 1.82) is 0 Å². The molecule has 1 amide bonds. The monoisotopic (exact) mass is 400 g/mol. The van der Waals surface area contributed by atoms with Crippen LogP contribution in [-0.4, -0.2) is 12.5 Å². The Labute approximate surface area is 146 Å². The summed E-state index contributed by atoms with van der Waals surface area (Å²) in [7, 11) is 0. The minimum atomic E-state index is -4.46. The van der Waals surface area contributed by atoms with Crippen molar-refractivity contribution < 1.29 is 18.0 Å². The number of amides is 1. The molecular formula is C17H16BrF3N2O. The highest BCUT2D eigenvalue weighted by molar-refractivity contribution is 9.10. The smallest absolute Gasteiger partial charge is 0.376 e. The lowest BCUT2D eigenvalue weighted by Crippen LogP contribution is -2.22. The van der Waals surface area contributed by atoms with Crippen LogP contribution < -0.4 is 10.6 Å². The number of carbonyl (C=O) groups is 1. The molecule has 0 saturated carbocycles. The normalized spacial score (nSPS) is 11.2. The number of halogens is 4. The third-order valence-corrected chi connectivity index (χ3v) is 4.09. The van der Waals surface area contributed by atoms with E-state index in [9.17, 15) is 18.0 Å². The minimum Gasteiger partial charge on any atom is -0.376 e. The fourth-order valence-electron chi connectivity index (χ4n) is 2.18. The predicted molar refractivity (Wildman–Crippen MR) is 92.1 cm³/mol. The van der Waals surface area contributed by atoms with E-state index in [0.29, 0.717) is 5.69 Å². The van der Waals surface area contributed by atoms with Gasteiger partial charge in [-0.3, -0.25) is 4.79 Å². The first-order valence-electron chi connectivity index (χ1n) is 7.29. The summed E-state index contributed by atoms with van der Waals surface area (Å²) in [6, 6.07) is 11.1. The molecule has 2 N–H and O–H groups in total. The Bertz CT molecular complexity index is 732. The second kappa shape index (κ2) is 7.70. The fourth-order valence-corrected chi connectivity index (χ4v) is 2.65. The van der Waals surface area contributed by atoms with Crippen LogP contribution in [0.3, 0.4) is 0 Å². The van der Waals surface area contributed by atoms with Crippen LogP contribution in [-0.2, 0) is 17.4 Å². The Morgan fingerprint density at radius 1 is 1.17 bits per heavy atom. The largest absolute Gasteiger partial charge is 0.417 e. The van der Waals surface area contributed by atoms with Crippen molar-refractivity contribution in [2.45, 2.75) is 19.5 Å². The SMILES string of the molecule is CCc1ccccc1NC(=O)CNc1ccc(Br)c(C(F)(F)F)c1. The van der Waals surface area contributed by atoms with Gasteiger partial charge in [0.1, 0.15) is 0 Å². The highest BCUT2D eigenvalue weighted by Crippen LogP contribution is 2.36. The number of hydrogen-bond acceptors (Lipinski definition) is 2. The van der Waals surface area contributed by atoms with Crippen molar-refractivity contribution in [2.75, 3.05) is 17.2 Å². The number of hydrogen-bond donors (Lipinski definition) is 2. The molecular weight excluding hydrogens is 385 g/mol. The lowest BCUT2D eigenvalue weighted by Gasteiger charge is -2.13. The number of anilines is 2. The second-order valence-electron chi connectivity index (χ2n) is 5.10. The number of carbonyl (C=O) groups excluding carboxylic acids is 1. The van der Waals surface area contributed by atoms with Crippen LogP contribution in [0.25, 0.3) is 0 Å². The van der Waals surface area contributed by atoms with E-state index in [1.165, 1.54) is 12.1 Å². The van der Waals surface area contributed by atoms with Gasteiger partial charge in [-0.2, -0.15) is 13.2 Å². The number of rotatable bonds is 5. The summed E-state index contributed by atoms with van der Waals surface area (Å²) in [6.45, 7) is 1.85. The molecule has 24 heavy (non-hydrogen) atoms. The average Bonchev–Trinajstić information content (AvgIpc) is 2.53.